The van der Waals surface area contributed by atoms with Gasteiger partial charge in [0.15, 0.2) is 0 Å². The highest BCUT2D eigenvalue weighted by atomic mass is 16.5. The zero-order valence-corrected chi connectivity index (χ0v) is 12.3. The van der Waals surface area contributed by atoms with Gasteiger partial charge in [-0.05, 0) is 18.1 Å². The van der Waals surface area contributed by atoms with Crippen LogP contribution in [-0.2, 0) is 6.42 Å². The predicted octanol–water partition coefficient (Wildman–Crippen LogP) is 2.85. The Bertz CT molecular complexity index is 624. The first-order valence-electron chi connectivity index (χ1n) is 6.59. The fraction of sp³-hybridized carbons (Fsp3) is 0.400. The van der Waals surface area contributed by atoms with E-state index in [4.69, 9.17) is 19.3 Å². The van der Waals surface area contributed by atoms with Crippen LogP contribution in [-0.4, -0.2) is 24.4 Å². The summed E-state index contributed by atoms with van der Waals surface area (Å²) in [4.78, 5) is 4.36. The summed E-state index contributed by atoms with van der Waals surface area (Å²) in [5.41, 5.74) is 0.758. The summed E-state index contributed by atoms with van der Waals surface area (Å²) >= 11 is 0. The summed E-state index contributed by atoms with van der Waals surface area (Å²) in [6.45, 7) is 1.97. The standard InChI is InChI=1S/C15H17N3O3/c1-10(4-5-16)6-14-17-15(18-21-14)11-7-12(19-2)9-13(8-11)20-3/h7-10H,4,6H2,1-3H3. The molecule has 0 radical (unpaired) electrons. The van der Waals surface area contributed by atoms with Gasteiger partial charge in [0, 0.05) is 24.5 Å². The van der Waals surface area contributed by atoms with E-state index in [-0.39, 0.29) is 5.92 Å². The number of rotatable bonds is 6. The molecule has 2 rings (SSSR count). The van der Waals surface area contributed by atoms with Crippen LogP contribution in [0.1, 0.15) is 19.2 Å². The smallest absolute Gasteiger partial charge is 0.227 e. The number of hydrogen-bond acceptors (Lipinski definition) is 6. The molecule has 21 heavy (non-hydrogen) atoms. The van der Waals surface area contributed by atoms with Gasteiger partial charge in [-0.2, -0.15) is 10.2 Å². The van der Waals surface area contributed by atoms with Crippen LogP contribution in [0.15, 0.2) is 22.7 Å². The summed E-state index contributed by atoms with van der Waals surface area (Å²) in [5.74, 6) is 2.51. The van der Waals surface area contributed by atoms with Gasteiger partial charge in [0.25, 0.3) is 0 Å². The number of nitriles is 1. The minimum absolute atomic E-state index is 0.183. The molecular weight excluding hydrogens is 270 g/mol. The second-order valence-electron chi connectivity index (χ2n) is 4.78. The molecule has 1 atom stereocenters. The number of nitrogens with zero attached hydrogens (tertiary/aromatic N) is 3. The Hall–Kier alpha value is -2.55. The molecule has 0 bridgehead atoms. The molecule has 6 heteroatoms. The van der Waals surface area contributed by atoms with Gasteiger partial charge < -0.3 is 14.0 Å². The first-order chi connectivity index (χ1) is 10.2. The lowest BCUT2D eigenvalue weighted by Crippen LogP contribution is -1.98. The number of aromatic nitrogens is 2. The third kappa shape index (κ3) is 3.72. The van der Waals surface area contributed by atoms with Crippen LogP contribution in [0.3, 0.4) is 0 Å². The number of methoxy groups -OCH3 is 2. The topological polar surface area (TPSA) is 81.2 Å². The van der Waals surface area contributed by atoms with Crippen molar-refractivity contribution in [3.8, 4) is 29.0 Å². The molecule has 0 saturated carbocycles. The van der Waals surface area contributed by atoms with E-state index in [1.807, 2.05) is 19.1 Å². The maximum absolute atomic E-state index is 8.67. The maximum atomic E-state index is 8.67. The van der Waals surface area contributed by atoms with Crippen molar-refractivity contribution < 1.29 is 14.0 Å². The summed E-state index contributed by atoms with van der Waals surface area (Å²) < 4.78 is 15.7. The van der Waals surface area contributed by atoms with Crippen LogP contribution < -0.4 is 9.47 Å². The van der Waals surface area contributed by atoms with Crippen molar-refractivity contribution in [2.75, 3.05) is 14.2 Å². The summed E-state index contributed by atoms with van der Waals surface area (Å²) in [6.07, 6.45) is 1.05. The summed E-state index contributed by atoms with van der Waals surface area (Å²) in [6, 6.07) is 7.54. The monoisotopic (exact) mass is 287 g/mol. The summed E-state index contributed by atoms with van der Waals surface area (Å²) in [7, 11) is 3.17. The van der Waals surface area contributed by atoms with Crippen molar-refractivity contribution in [1.82, 2.24) is 10.1 Å². The number of hydrogen-bond donors (Lipinski definition) is 0. The van der Waals surface area contributed by atoms with Gasteiger partial charge >= 0.3 is 0 Å². The lowest BCUT2D eigenvalue weighted by Gasteiger charge is -2.05. The molecule has 0 N–H and O–H groups in total. The van der Waals surface area contributed by atoms with Crippen LogP contribution >= 0.6 is 0 Å². The van der Waals surface area contributed by atoms with Gasteiger partial charge in [-0.15, -0.1) is 0 Å². The molecule has 6 nitrogen and oxygen atoms in total. The molecule has 1 aromatic carbocycles. The van der Waals surface area contributed by atoms with Gasteiger partial charge in [0.2, 0.25) is 11.7 Å². The van der Waals surface area contributed by atoms with Crippen LogP contribution in [0, 0.1) is 17.2 Å². The highest BCUT2D eigenvalue weighted by Gasteiger charge is 2.13. The van der Waals surface area contributed by atoms with Crippen molar-refractivity contribution in [2.45, 2.75) is 19.8 Å². The zero-order chi connectivity index (χ0) is 15.2. The Kier molecular flexibility index (Phi) is 4.77. The maximum Gasteiger partial charge on any atom is 0.227 e. The van der Waals surface area contributed by atoms with Crippen molar-refractivity contribution in [2.24, 2.45) is 5.92 Å². The highest BCUT2D eigenvalue weighted by Crippen LogP contribution is 2.28. The van der Waals surface area contributed by atoms with E-state index in [0.717, 1.165) is 5.56 Å². The fourth-order valence-electron chi connectivity index (χ4n) is 1.92. The zero-order valence-electron chi connectivity index (χ0n) is 12.3. The third-order valence-corrected chi connectivity index (χ3v) is 3.04. The van der Waals surface area contributed by atoms with Crippen molar-refractivity contribution in [3.05, 3.63) is 24.1 Å². The Morgan fingerprint density at radius 1 is 1.24 bits per heavy atom. The molecule has 0 spiro atoms. The molecule has 0 aliphatic carbocycles. The minimum atomic E-state index is 0.183. The van der Waals surface area contributed by atoms with E-state index in [2.05, 4.69) is 16.2 Å². The normalized spacial score (nSPS) is 11.7. The Morgan fingerprint density at radius 3 is 2.48 bits per heavy atom. The lowest BCUT2D eigenvalue weighted by molar-refractivity contribution is 0.359. The molecule has 0 aliphatic heterocycles. The molecule has 1 heterocycles. The highest BCUT2D eigenvalue weighted by molar-refractivity contribution is 5.60. The summed E-state index contributed by atoms with van der Waals surface area (Å²) in [5, 5.41) is 12.6. The molecule has 0 amide bonds. The van der Waals surface area contributed by atoms with Crippen molar-refractivity contribution in [1.29, 1.82) is 5.26 Å². The van der Waals surface area contributed by atoms with Gasteiger partial charge in [-0.1, -0.05) is 12.1 Å². The first-order valence-corrected chi connectivity index (χ1v) is 6.59. The van der Waals surface area contributed by atoms with E-state index in [1.165, 1.54) is 0 Å². The Morgan fingerprint density at radius 2 is 1.90 bits per heavy atom. The molecule has 110 valence electrons. The minimum Gasteiger partial charge on any atom is -0.497 e. The molecule has 2 aromatic rings. The van der Waals surface area contributed by atoms with Crippen molar-refractivity contribution >= 4 is 0 Å². The van der Waals surface area contributed by atoms with Crippen molar-refractivity contribution in [3.63, 3.8) is 0 Å². The Balaban J connectivity index is 2.23. The van der Waals surface area contributed by atoms with Crippen LogP contribution in [0.4, 0.5) is 0 Å². The van der Waals surface area contributed by atoms with E-state index in [1.54, 1.807) is 20.3 Å². The van der Waals surface area contributed by atoms with E-state index >= 15 is 0 Å². The average molecular weight is 287 g/mol. The first kappa shape index (κ1) is 14.9. The molecule has 1 aromatic heterocycles. The largest absolute Gasteiger partial charge is 0.497 e. The van der Waals surface area contributed by atoms with E-state index < -0.39 is 0 Å². The van der Waals surface area contributed by atoms with Crippen LogP contribution in [0.25, 0.3) is 11.4 Å². The molecule has 0 fully saturated rings. The third-order valence-electron chi connectivity index (χ3n) is 3.04. The second kappa shape index (κ2) is 6.75. The SMILES string of the molecule is COc1cc(OC)cc(-c2noc(CC(C)CC#N)n2)c1. The fourth-order valence-corrected chi connectivity index (χ4v) is 1.92. The molecule has 0 saturated heterocycles. The molecule has 1 unspecified atom stereocenters. The lowest BCUT2D eigenvalue weighted by atomic mass is 10.1. The average Bonchev–Trinajstić information content (AvgIpc) is 2.95. The van der Waals surface area contributed by atoms with Gasteiger partial charge in [-0.3, -0.25) is 0 Å². The second-order valence-corrected chi connectivity index (χ2v) is 4.78. The van der Waals surface area contributed by atoms with E-state index in [9.17, 15) is 0 Å². The van der Waals surface area contributed by atoms with Gasteiger partial charge in [0.1, 0.15) is 11.5 Å². The van der Waals surface area contributed by atoms with Crippen LogP contribution in [0.2, 0.25) is 0 Å². The molecule has 0 aliphatic rings. The number of benzene rings is 1. The number of ether oxygens (including phenoxy) is 2. The van der Waals surface area contributed by atoms with E-state index in [0.29, 0.717) is 36.1 Å². The quantitative estimate of drug-likeness (QED) is 0.812. The molecular formula is C15H17N3O3. The predicted molar refractivity (Wildman–Crippen MR) is 75.9 cm³/mol. The van der Waals surface area contributed by atoms with Crippen LogP contribution in [0.5, 0.6) is 11.5 Å². The Labute approximate surface area is 123 Å². The van der Waals surface area contributed by atoms with Gasteiger partial charge in [0.05, 0.1) is 20.3 Å². The van der Waals surface area contributed by atoms with Gasteiger partial charge in [-0.25, -0.2) is 0 Å².